The van der Waals surface area contributed by atoms with Crippen molar-refractivity contribution < 1.29 is 9.53 Å². The third-order valence-electron chi connectivity index (χ3n) is 3.09. The molecule has 0 amide bonds. The lowest BCUT2D eigenvalue weighted by Gasteiger charge is -2.22. The monoisotopic (exact) mass is 277 g/mol. The Labute approximate surface area is 121 Å². The van der Waals surface area contributed by atoms with Gasteiger partial charge in [-0.2, -0.15) is 10.3 Å². The van der Waals surface area contributed by atoms with Gasteiger partial charge in [-0.3, -0.25) is 4.79 Å². The van der Waals surface area contributed by atoms with Crippen molar-refractivity contribution in [1.82, 2.24) is 0 Å². The fraction of sp³-hybridized carbons (Fsp3) is 0.0625. The highest BCUT2D eigenvalue weighted by molar-refractivity contribution is 5.94. The Morgan fingerprint density at radius 2 is 1.95 bits per heavy atom. The number of fused-ring (bicyclic) bond motifs is 1. The summed E-state index contributed by atoms with van der Waals surface area (Å²) in [6.07, 6.45) is 0.0770. The molecule has 5 nitrogen and oxygen atoms in total. The predicted molar refractivity (Wildman–Crippen MR) is 78.2 cm³/mol. The van der Waals surface area contributed by atoms with E-state index < -0.39 is 6.10 Å². The molecule has 0 aliphatic carbocycles. The number of amidine groups is 1. The molecule has 1 N–H and O–H groups in total. The van der Waals surface area contributed by atoms with E-state index in [0.717, 1.165) is 17.5 Å². The molecule has 0 bridgehead atoms. The number of rotatable bonds is 2. The highest BCUT2D eigenvalue weighted by Crippen LogP contribution is 2.31. The van der Waals surface area contributed by atoms with Crippen LogP contribution >= 0.6 is 0 Å². The van der Waals surface area contributed by atoms with Gasteiger partial charge in [-0.15, -0.1) is 0 Å². The molecule has 0 saturated heterocycles. The normalized spacial score (nSPS) is 16.0. The van der Waals surface area contributed by atoms with Crippen LogP contribution in [-0.2, 0) is 9.53 Å². The van der Waals surface area contributed by atoms with E-state index in [4.69, 9.17) is 10.00 Å². The van der Waals surface area contributed by atoms with Gasteiger partial charge in [0.2, 0.25) is 0 Å². The van der Waals surface area contributed by atoms with Crippen LogP contribution in [0.2, 0.25) is 0 Å². The largest absolute Gasteiger partial charge is 0.449 e. The Bertz CT molecular complexity index is 745. The molecule has 3 rings (SSSR count). The first-order chi connectivity index (χ1) is 10.3. The van der Waals surface area contributed by atoms with Crippen molar-refractivity contribution in [3.8, 4) is 6.07 Å². The number of aldehydes is 1. The molecule has 1 heterocycles. The van der Waals surface area contributed by atoms with E-state index in [-0.39, 0.29) is 6.02 Å². The molecule has 0 fully saturated rings. The second kappa shape index (κ2) is 5.47. The molecule has 5 heteroatoms. The van der Waals surface area contributed by atoms with Crippen molar-refractivity contribution in [2.45, 2.75) is 6.10 Å². The van der Waals surface area contributed by atoms with E-state index in [0.29, 0.717) is 11.3 Å². The number of nitrogens with zero attached hydrogens (tertiary/aromatic N) is 2. The molecular weight excluding hydrogens is 266 g/mol. The SMILES string of the molecule is N#Cc1ccc(NC2=Nc3ccccc3C(C=O)O2)cc1. The molecular formula is C16H11N3O2. The Morgan fingerprint density at radius 3 is 2.67 bits per heavy atom. The summed E-state index contributed by atoms with van der Waals surface area (Å²) in [5, 5.41) is 11.8. The number of aliphatic imine (C=N–C) groups is 1. The maximum absolute atomic E-state index is 11.2. The standard InChI is InChI=1S/C16H11N3O2/c17-9-11-5-7-12(8-6-11)18-16-19-14-4-2-1-3-13(14)15(10-20)21-16/h1-8,10,15H,(H,18,19). The van der Waals surface area contributed by atoms with E-state index >= 15 is 0 Å². The van der Waals surface area contributed by atoms with Gasteiger partial charge in [0.15, 0.2) is 12.4 Å². The van der Waals surface area contributed by atoms with E-state index in [1.54, 1.807) is 24.3 Å². The number of carbonyl (C=O) groups excluding carboxylic acids is 1. The second-order valence-electron chi connectivity index (χ2n) is 4.46. The zero-order valence-corrected chi connectivity index (χ0v) is 11.0. The number of hydrogen-bond acceptors (Lipinski definition) is 5. The summed E-state index contributed by atoms with van der Waals surface area (Å²) in [4.78, 5) is 15.5. The van der Waals surface area contributed by atoms with Gasteiger partial charge in [0.25, 0.3) is 6.02 Å². The zero-order valence-electron chi connectivity index (χ0n) is 11.0. The van der Waals surface area contributed by atoms with Crippen LogP contribution in [0.15, 0.2) is 53.5 Å². The molecule has 21 heavy (non-hydrogen) atoms. The van der Waals surface area contributed by atoms with Crippen LogP contribution in [0.3, 0.4) is 0 Å². The number of ether oxygens (including phenoxy) is 1. The minimum absolute atomic E-state index is 0.260. The number of hydrogen-bond donors (Lipinski definition) is 1. The molecule has 1 atom stereocenters. The summed E-state index contributed by atoms with van der Waals surface area (Å²) in [7, 11) is 0. The Hall–Kier alpha value is -3.13. The fourth-order valence-corrected chi connectivity index (χ4v) is 2.06. The van der Waals surface area contributed by atoms with E-state index in [2.05, 4.69) is 16.4 Å². The van der Waals surface area contributed by atoms with Gasteiger partial charge in [0, 0.05) is 11.3 Å². The van der Waals surface area contributed by atoms with Crippen LogP contribution in [0, 0.1) is 11.3 Å². The minimum atomic E-state index is -0.667. The van der Waals surface area contributed by atoms with Gasteiger partial charge in [-0.05, 0) is 30.3 Å². The zero-order chi connectivity index (χ0) is 14.7. The molecule has 1 unspecified atom stereocenters. The number of nitrogens with one attached hydrogen (secondary N) is 1. The third kappa shape index (κ3) is 2.60. The molecule has 2 aromatic carbocycles. The van der Waals surface area contributed by atoms with Crippen LogP contribution in [0.5, 0.6) is 0 Å². The van der Waals surface area contributed by atoms with Gasteiger partial charge < -0.3 is 10.1 Å². The van der Waals surface area contributed by atoms with Gasteiger partial charge in [0.05, 0.1) is 17.3 Å². The smallest absolute Gasteiger partial charge is 0.295 e. The minimum Gasteiger partial charge on any atom is -0.449 e. The summed E-state index contributed by atoms with van der Waals surface area (Å²) in [5.41, 5.74) is 2.76. The summed E-state index contributed by atoms with van der Waals surface area (Å²) < 4.78 is 5.53. The highest BCUT2D eigenvalue weighted by Gasteiger charge is 2.23. The molecule has 0 aromatic heterocycles. The Morgan fingerprint density at radius 1 is 1.19 bits per heavy atom. The Balaban J connectivity index is 1.88. The molecule has 2 aromatic rings. The first-order valence-corrected chi connectivity index (χ1v) is 6.37. The Kier molecular flexibility index (Phi) is 3.36. The average molecular weight is 277 g/mol. The molecule has 0 spiro atoms. The van der Waals surface area contributed by atoms with Gasteiger partial charge in [-0.1, -0.05) is 18.2 Å². The van der Waals surface area contributed by atoms with Crippen LogP contribution in [0.25, 0.3) is 0 Å². The summed E-state index contributed by atoms with van der Waals surface area (Å²) >= 11 is 0. The topological polar surface area (TPSA) is 74.5 Å². The average Bonchev–Trinajstić information content (AvgIpc) is 2.55. The highest BCUT2D eigenvalue weighted by atomic mass is 16.5. The molecule has 0 radical (unpaired) electrons. The molecule has 1 aliphatic heterocycles. The number of nitriles is 1. The van der Waals surface area contributed by atoms with Crippen molar-refractivity contribution in [2.24, 2.45) is 4.99 Å². The lowest BCUT2D eigenvalue weighted by atomic mass is 10.1. The van der Waals surface area contributed by atoms with E-state index in [1.807, 2.05) is 24.3 Å². The van der Waals surface area contributed by atoms with Crippen molar-refractivity contribution in [1.29, 1.82) is 5.26 Å². The van der Waals surface area contributed by atoms with Crippen LogP contribution in [0.4, 0.5) is 11.4 Å². The lowest BCUT2D eigenvalue weighted by molar-refractivity contribution is -0.114. The van der Waals surface area contributed by atoms with Gasteiger partial charge >= 0.3 is 0 Å². The molecule has 102 valence electrons. The predicted octanol–water partition coefficient (Wildman–Crippen LogP) is 2.93. The number of carbonyl (C=O) groups is 1. The van der Waals surface area contributed by atoms with E-state index in [1.165, 1.54) is 0 Å². The molecule has 1 aliphatic rings. The summed E-state index contributed by atoms with van der Waals surface area (Å²) in [5.74, 6) is 0. The van der Waals surface area contributed by atoms with Gasteiger partial charge in [0.1, 0.15) is 0 Å². The van der Waals surface area contributed by atoms with Crippen molar-refractivity contribution >= 4 is 23.7 Å². The van der Waals surface area contributed by atoms with Crippen molar-refractivity contribution in [3.63, 3.8) is 0 Å². The van der Waals surface area contributed by atoms with Crippen LogP contribution in [0.1, 0.15) is 17.2 Å². The molecule has 0 saturated carbocycles. The van der Waals surface area contributed by atoms with Crippen molar-refractivity contribution in [2.75, 3.05) is 5.32 Å². The maximum Gasteiger partial charge on any atom is 0.295 e. The maximum atomic E-state index is 11.2. The third-order valence-corrected chi connectivity index (χ3v) is 3.09. The number of anilines is 1. The number of benzene rings is 2. The fourth-order valence-electron chi connectivity index (χ4n) is 2.06. The van der Waals surface area contributed by atoms with Gasteiger partial charge in [-0.25, -0.2) is 0 Å². The van der Waals surface area contributed by atoms with E-state index in [9.17, 15) is 4.79 Å². The second-order valence-corrected chi connectivity index (χ2v) is 4.46. The first-order valence-electron chi connectivity index (χ1n) is 6.37. The van der Waals surface area contributed by atoms with Crippen LogP contribution in [-0.4, -0.2) is 12.3 Å². The number of para-hydroxylation sites is 1. The quantitative estimate of drug-likeness (QED) is 0.856. The first kappa shape index (κ1) is 12.9. The lowest BCUT2D eigenvalue weighted by Crippen LogP contribution is -2.23. The van der Waals surface area contributed by atoms with Crippen LogP contribution < -0.4 is 5.32 Å². The van der Waals surface area contributed by atoms with Crippen molar-refractivity contribution in [3.05, 3.63) is 59.7 Å². The summed E-state index contributed by atoms with van der Waals surface area (Å²) in [6, 6.07) is 16.5. The summed E-state index contributed by atoms with van der Waals surface area (Å²) in [6.45, 7) is 0.